The van der Waals surface area contributed by atoms with Gasteiger partial charge in [0.05, 0.1) is 5.92 Å². The molecular weight excluding hydrogens is 490 g/mol. The first kappa shape index (κ1) is 28.7. The third-order valence-electron chi connectivity index (χ3n) is 6.39. The van der Waals surface area contributed by atoms with Crippen molar-refractivity contribution < 1.29 is 18.8 Å². The third-order valence-corrected chi connectivity index (χ3v) is 7.23. The first-order chi connectivity index (χ1) is 17.5. The molecule has 0 spiro atoms. The normalized spacial score (nSPS) is 18.5. The highest BCUT2D eigenvalue weighted by atomic mass is 32.2. The molecule has 3 atom stereocenters. The average molecular weight is 530 g/mol. The van der Waals surface area contributed by atoms with Gasteiger partial charge in [0.15, 0.2) is 0 Å². The first-order valence-electron chi connectivity index (χ1n) is 13.0. The summed E-state index contributed by atoms with van der Waals surface area (Å²) in [6.45, 7) is 8.04. The molecular formula is C27H39N5O4S. The van der Waals surface area contributed by atoms with Gasteiger partial charge in [0, 0.05) is 36.6 Å². The van der Waals surface area contributed by atoms with Crippen molar-refractivity contribution >= 4 is 35.2 Å². The highest BCUT2D eigenvalue weighted by Crippen LogP contribution is 2.29. The fourth-order valence-corrected chi connectivity index (χ4v) is 5.11. The third kappa shape index (κ3) is 8.05. The molecule has 1 aliphatic carbocycles. The van der Waals surface area contributed by atoms with E-state index in [9.17, 15) is 14.4 Å². The van der Waals surface area contributed by atoms with Crippen LogP contribution in [0.3, 0.4) is 0 Å². The van der Waals surface area contributed by atoms with Crippen LogP contribution < -0.4 is 15.5 Å². The molecule has 1 saturated carbocycles. The molecule has 1 aromatic carbocycles. The van der Waals surface area contributed by atoms with Crippen LogP contribution >= 0.6 is 11.8 Å². The maximum Gasteiger partial charge on any atom is 0.276 e. The van der Waals surface area contributed by atoms with Gasteiger partial charge in [-0.2, -0.15) is 0 Å². The molecule has 0 bridgehead atoms. The summed E-state index contributed by atoms with van der Waals surface area (Å²) < 4.78 is 5.76. The van der Waals surface area contributed by atoms with Crippen LogP contribution in [0.2, 0.25) is 0 Å². The summed E-state index contributed by atoms with van der Waals surface area (Å²) in [6.07, 6.45) is 3.54. The summed E-state index contributed by atoms with van der Waals surface area (Å²) in [5.74, 6) is -1.85. The Bertz CT molecular complexity index is 1070. The number of amides is 3. The molecule has 2 aromatic rings. The lowest BCUT2D eigenvalue weighted by molar-refractivity contribution is -0.135. The number of hydrogen-bond acceptors (Lipinski definition) is 8. The van der Waals surface area contributed by atoms with Crippen LogP contribution in [-0.4, -0.2) is 53.3 Å². The first-order valence-corrected chi connectivity index (χ1v) is 13.9. The highest BCUT2D eigenvalue weighted by molar-refractivity contribution is 7.99. The van der Waals surface area contributed by atoms with E-state index in [0.29, 0.717) is 30.0 Å². The molecule has 9 nitrogen and oxygen atoms in total. The Morgan fingerprint density at radius 2 is 1.73 bits per heavy atom. The van der Waals surface area contributed by atoms with Crippen molar-refractivity contribution in [2.24, 2.45) is 11.8 Å². The van der Waals surface area contributed by atoms with E-state index in [-0.39, 0.29) is 34.9 Å². The smallest absolute Gasteiger partial charge is 0.276 e. The van der Waals surface area contributed by atoms with Crippen LogP contribution in [0.15, 0.2) is 33.9 Å². The fourth-order valence-electron chi connectivity index (χ4n) is 4.48. The molecule has 37 heavy (non-hydrogen) atoms. The van der Waals surface area contributed by atoms with Crippen molar-refractivity contribution in [1.82, 2.24) is 20.8 Å². The van der Waals surface area contributed by atoms with Crippen LogP contribution in [0.4, 0.5) is 5.69 Å². The summed E-state index contributed by atoms with van der Waals surface area (Å²) in [7, 11) is 3.88. The summed E-state index contributed by atoms with van der Waals surface area (Å²) >= 11 is 1.43. The zero-order valence-corrected chi connectivity index (χ0v) is 23.4. The molecule has 0 saturated heterocycles. The van der Waals surface area contributed by atoms with E-state index >= 15 is 0 Å². The van der Waals surface area contributed by atoms with E-state index < -0.39 is 17.7 Å². The molecule has 3 rings (SSSR count). The number of nitrogens with zero attached hydrogens (tertiary/aromatic N) is 3. The number of carbonyl (C=O) groups is 3. The number of imide groups is 1. The van der Waals surface area contributed by atoms with Gasteiger partial charge in [0.1, 0.15) is 5.92 Å². The van der Waals surface area contributed by atoms with Crippen LogP contribution in [0, 0.1) is 11.8 Å². The van der Waals surface area contributed by atoms with E-state index in [1.807, 2.05) is 58.8 Å². The van der Waals surface area contributed by atoms with Crippen molar-refractivity contribution in [3.8, 4) is 0 Å². The summed E-state index contributed by atoms with van der Waals surface area (Å²) in [5.41, 5.74) is 1.53. The fraction of sp³-hybridized carbons (Fsp3) is 0.593. The molecule has 1 aromatic heterocycles. The Morgan fingerprint density at radius 3 is 2.35 bits per heavy atom. The Labute approximate surface area is 223 Å². The van der Waals surface area contributed by atoms with Crippen molar-refractivity contribution in [1.29, 1.82) is 0 Å². The van der Waals surface area contributed by atoms with Gasteiger partial charge in [0.25, 0.3) is 11.1 Å². The number of aromatic nitrogens is 2. The maximum atomic E-state index is 13.3. The molecule has 1 heterocycles. The van der Waals surface area contributed by atoms with Gasteiger partial charge in [-0.15, -0.1) is 10.2 Å². The van der Waals surface area contributed by atoms with Crippen molar-refractivity contribution in [2.45, 2.75) is 82.2 Å². The standard InChI is InChI=1S/C27H39N5O4S/c1-16(2)15-21(26-30-31-27(36-26)37-17(3)4)25(35)29-24(34)20-9-7-8-10-22(20)28-23(33)18-11-13-19(14-12-18)32(5)6/h11-14,16-17,20-22H,7-10,15H2,1-6H3,(H,28,33)(H,29,34,35)/t20-,21-,22+/m1/s1. The second kappa shape index (κ2) is 13.1. The lowest BCUT2D eigenvalue weighted by Crippen LogP contribution is -2.50. The number of carbonyl (C=O) groups excluding carboxylic acids is 3. The van der Waals surface area contributed by atoms with Gasteiger partial charge in [0.2, 0.25) is 17.7 Å². The van der Waals surface area contributed by atoms with E-state index in [1.165, 1.54) is 11.8 Å². The molecule has 202 valence electrons. The van der Waals surface area contributed by atoms with Gasteiger partial charge >= 0.3 is 0 Å². The maximum absolute atomic E-state index is 13.3. The minimum Gasteiger partial charge on any atom is -0.415 e. The largest absolute Gasteiger partial charge is 0.415 e. The van der Waals surface area contributed by atoms with Gasteiger partial charge in [-0.25, -0.2) is 0 Å². The number of thioether (sulfide) groups is 1. The molecule has 0 unspecified atom stereocenters. The van der Waals surface area contributed by atoms with Gasteiger partial charge in [-0.05, 0) is 49.4 Å². The van der Waals surface area contributed by atoms with E-state index in [0.717, 1.165) is 18.5 Å². The predicted molar refractivity (Wildman–Crippen MR) is 145 cm³/mol. The predicted octanol–water partition coefficient (Wildman–Crippen LogP) is 4.40. The second-order valence-electron chi connectivity index (χ2n) is 10.5. The van der Waals surface area contributed by atoms with Crippen molar-refractivity contribution in [3.63, 3.8) is 0 Å². The number of anilines is 1. The second-order valence-corrected chi connectivity index (χ2v) is 12.0. The van der Waals surface area contributed by atoms with Crippen LogP contribution in [-0.2, 0) is 9.59 Å². The number of rotatable bonds is 10. The molecule has 1 aliphatic rings. The number of nitrogens with one attached hydrogen (secondary N) is 2. The monoisotopic (exact) mass is 529 g/mol. The molecule has 10 heteroatoms. The minimum atomic E-state index is -0.718. The van der Waals surface area contributed by atoms with Gasteiger partial charge < -0.3 is 14.6 Å². The van der Waals surface area contributed by atoms with Gasteiger partial charge in [-0.3, -0.25) is 19.7 Å². The van der Waals surface area contributed by atoms with E-state index in [4.69, 9.17) is 4.42 Å². The summed E-state index contributed by atoms with van der Waals surface area (Å²) in [5, 5.41) is 14.5. The number of benzene rings is 1. The van der Waals surface area contributed by atoms with Crippen molar-refractivity contribution in [2.75, 3.05) is 19.0 Å². The topological polar surface area (TPSA) is 117 Å². The molecule has 0 aliphatic heterocycles. The van der Waals surface area contributed by atoms with Gasteiger partial charge in [-0.1, -0.05) is 52.3 Å². The summed E-state index contributed by atoms with van der Waals surface area (Å²) in [4.78, 5) is 41.4. The minimum absolute atomic E-state index is 0.180. The number of hydrogen-bond donors (Lipinski definition) is 2. The highest BCUT2D eigenvalue weighted by Gasteiger charge is 2.35. The Balaban J connectivity index is 1.68. The zero-order chi connectivity index (χ0) is 27.1. The quantitative estimate of drug-likeness (QED) is 0.435. The van der Waals surface area contributed by atoms with Crippen LogP contribution in [0.1, 0.15) is 82.0 Å². The lowest BCUT2D eigenvalue weighted by atomic mass is 9.83. The van der Waals surface area contributed by atoms with E-state index in [2.05, 4.69) is 20.8 Å². The summed E-state index contributed by atoms with van der Waals surface area (Å²) in [6, 6.07) is 6.98. The van der Waals surface area contributed by atoms with Crippen LogP contribution in [0.5, 0.6) is 0 Å². The molecule has 2 N–H and O–H groups in total. The average Bonchev–Trinajstić information content (AvgIpc) is 3.30. The molecule has 0 radical (unpaired) electrons. The Kier molecular flexibility index (Phi) is 10.1. The van der Waals surface area contributed by atoms with Crippen molar-refractivity contribution in [3.05, 3.63) is 35.7 Å². The zero-order valence-electron chi connectivity index (χ0n) is 22.6. The molecule has 3 amide bonds. The van der Waals surface area contributed by atoms with Crippen LogP contribution in [0.25, 0.3) is 0 Å². The SMILES string of the molecule is CC(C)C[C@H](C(=O)NC(=O)[C@@H]1CCCC[C@@H]1NC(=O)c1ccc(N(C)C)cc1)c1nnc(SC(C)C)o1. The Morgan fingerprint density at radius 1 is 1.05 bits per heavy atom. The Hall–Kier alpha value is -2.88. The molecule has 1 fully saturated rings. The van der Waals surface area contributed by atoms with E-state index in [1.54, 1.807) is 12.1 Å². The lowest BCUT2D eigenvalue weighted by Gasteiger charge is -2.31.